The second-order valence-electron chi connectivity index (χ2n) is 14.3. The Morgan fingerprint density at radius 1 is 1.15 bits per heavy atom. The molecule has 48 heavy (non-hydrogen) atoms. The van der Waals surface area contributed by atoms with Crippen molar-refractivity contribution < 1.29 is 43.6 Å². The average Bonchev–Trinajstić information content (AvgIpc) is 3.65. The number of anilines is 1. The summed E-state index contributed by atoms with van der Waals surface area (Å²) in [6.07, 6.45) is 5.73. The zero-order chi connectivity index (χ0) is 34.0. The molecule has 1 amide bonds. The average molecular weight is 797 g/mol. The SMILES string of the molecule is CC1CN2CCC[C@@]2([I-]Oc2nc3c(c(N4CCC[NH2+]/C(=C(/Cl)C(=N)C(=O)N(C)C)C4)n2)CN(C)[C@@]2(CCc4c(F)ccc(F)c42)C3)C1. The number of quaternary nitrogens is 1. The monoisotopic (exact) mass is 796 g/mol. The second-order valence-corrected chi connectivity index (χ2v) is 17.6. The molecule has 4 aliphatic heterocycles. The third kappa shape index (κ3) is 5.80. The number of carbonyl (C=O) groups is 1. The Morgan fingerprint density at radius 2 is 1.94 bits per heavy atom. The Morgan fingerprint density at radius 3 is 2.73 bits per heavy atom. The van der Waals surface area contributed by atoms with E-state index in [0.717, 1.165) is 56.0 Å². The molecule has 1 aromatic heterocycles. The maximum atomic E-state index is 15.6. The van der Waals surface area contributed by atoms with E-state index in [1.165, 1.54) is 23.5 Å². The predicted molar refractivity (Wildman–Crippen MR) is 174 cm³/mol. The first kappa shape index (κ1) is 34.0. The fraction of sp³-hybridized carbons (Fsp3) is 0.588. The van der Waals surface area contributed by atoms with Crippen molar-refractivity contribution in [2.75, 3.05) is 58.8 Å². The number of halogens is 4. The van der Waals surface area contributed by atoms with Gasteiger partial charge in [-0.25, -0.2) is 0 Å². The summed E-state index contributed by atoms with van der Waals surface area (Å²) in [5, 5.41) is 10.6. The van der Waals surface area contributed by atoms with E-state index in [2.05, 4.69) is 21.6 Å². The number of nitrogens with zero attached hydrogens (tertiary/aromatic N) is 6. The van der Waals surface area contributed by atoms with Crippen LogP contribution in [0.15, 0.2) is 22.9 Å². The van der Waals surface area contributed by atoms with Crippen LogP contribution in [0.3, 0.4) is 0 Å². The van der Waals surface area contributed by atoms with Gasteiger partial charge < -0.3 is 0 Å². The van der Waals surface area contributed by atoms with Gasteiger partial charge in [-0.05, 0) is 0 Å². The van der Waals surface area contributed by atoms with Crippen molar-refractivity contribution in [2.45, 2.75) is 67.5 Å². The van der Waals surface area contributed by atoms with Crippen molar-refractivity contribution in [1.29, 1.82) is 5.41 Å². The Labute approximate surface area is 296 Å². The molecule has 260 valence electrons. The molecule has 1 aliphatic carbocycles. The van der Waals surface area contributed by atoms with Crippen LogP contribution in [-0.4, -0.2) is 93.7 Å². The van der Waals surface area contributed by atoms with Gasteiger partial charge in [-0.1, -0.05) is 0 Å². The molecule has 1 aromatic carbocycles. The number of likely N-dealkylation sites (N-methyl/N-ethyl adjacent to an activating group) is 1. The minimum atomic E-state index is -0.768. The number of carbonyl (C=O) groups excluding carboxylic acids is 1. The fourth-order valence-corrected chi connectivity index (χ4v) is 11.8. The van der Waals surface area contributed by atoms with Gasteiger partial charge in [0.1, 0.15) is 0 Å². The van der Waals surface area contributed by atoms with Crippen LogP contribution < -0.4 is 34.9 Å². The maximum absolute atomic E-state index is 15.6. The summed E-state index contributed by atoms with van der Waals surface area (Å²) in [5.41, 5.74) is 2.38. The van der Waals surface area contributed by atoms with Crippen molar-refractivity contribution in [3.63, 3.8) is 0 Å². The number of nitrogens with one attached hydrogen (secondary N) is 1. The van der Waals surface area contributed by atoms with Crippen molar-refractivity contribution >= 4 is 29.0 Å². The summed E-state index contributed by atoms with van der Waals surface area (Å²) in [4.78, 5) is 31.1. The summed E-state index contributed by atoms with van der Waals surface area (Å²) in [6, 6.07) is 2.82. The van der Waals surface area contributed by atoms with Crippen LogP contribution in [0.4, 0.5) is 14.6 Å². The normalized spacial score (nSPS) is 28.3. The van der Waals surface area contributed by atoms with E-state index in [1.54, 1.807) is 14.1 Å². The standard InChI is InChI=1S/C34H43ClF2IN8O2/c1-20-15-34(10-5-14-46(34)17-20)38-48-32-41-25-16-33(11-9-21-23(36)7-8-24(37)27(21)33)44(4)18-22(25)30(42-32)45-13-6-12-40-26(19-45)28(35)29(39)31(47)43(2)3/h7-8,20,39-40H,5-6,9-19H2,1-4H3/q-1/p+1/b28-26+,39-29?/t20?,33-,34-/m0/s1. The van der Waals surface area contributed by atoms with E-state index >= 15 is 4.39 Å². The molecule has 3 fully saturated rings. The van der Waals surface area contributed by atoms with Crippen molar-refractivity contribution in [1.82, 2.24) is 24.7 Å². The third-order valence-electron chi connectivity index (χ3n) is 10.9. The molecule has 5 heterocycles. The van der Waals surface area contributed by atoms with Crippen molar-refractivity contribution in [3.8, 4) is 6.01 Å². The van der Waals surface area contributed by atoms with E-state index in [-0.39, 0.29) is 25.9 Å². The van der Waals surface area contributed by atoms with Gasteiger partial charge in [0.25, 0.3) is 0 Å². The summed E-state index contributed by atoms with van der Waals surface area (Å²) in [6.45, 7) is 6.76. The van der Waals surface area contributed by atoms with Gasteiger partial charge in [0, 0.05) is 0 Å². The van der Waals surface area contributed by atoms with E-state index < -0.39 is 33.1 Å². The van der Waals surface area contributed by atoms with Crippen LogP contribution in [0.5, 0.6) is 6.01 Å². The molecule has 3 atom stereocenters. The number of alkyl halides is 1. The van der Waals surface area contributed by atoms with E-state index in [1.807, 2.05) is 12.4 Å². The first-order valence-corrected chi connectivity index (χ1v) is 19.2. The van der Waals surface area contributed by atoms with Crippen LogP contribution in [0.2, 0.25) is 0 Å². The number of fused-ring (bicyclic) bond motifs is 4. The topological polar surface area (TPSA) is 105 Å². The summed E-state index contributed by atoms with van der Waals surface area (Å²) < 4.78 is 37.3. The van der Waals surface area contributed by atoms with Crippen molar-refractivity contribution in [3.05, 3.63) is 56.9 Å². The van der Waals surface area contributed by atoms with Crippen LogP contribution in [0.25, 0.3) is 0 Å². The molecule has 0 saturated carbocycles. The molecule has 0 radical (unpaired) electrons. The molecular formula is C34H44ClF2IN8O2. The molecular weight excluding hydrogens is 753 g/mol. The van der Waals surface area contributed by atoms with Crippen molar-refractivity contribution in [2.24, 2.45) is 5.92 Å². The van der Waals surface area contributed by atoms with Gasteiger partial charge in [0.2, 0.25) is 0 Å². The summed E-state index contributed by atoms with van der Waals surface area (Å²) in [5.74, 6) is 0.171. The number of rotatable bonds is 6. The van der Waals surface area contributed by atoms with Gasteiger partial charge in [-0.15, -0.1) is 0 Å². The fourth-order valence-electron chi connectivity index (χ4n) is 8.57. The predicted octanol–water partition coefficient (Wildman–Crippen LogP) is 0.131. The number of benzene rings is 1. The first-order chi connectivity index (χ1) is 22.9. The number of aromatic nitrogens is 2. The number of amides is 1. The minimum absolute atomic E-state index is 0.0878. The molecule has 7 rings (SSSR count). The molecule has 14 heteroatoms. The molecule has 2 aromatic rings. The zero-order valence-electron chi connectivity index (χ0n) is 28.0. The Balaban J connectivity index is 1.28. The van der Waals surface area contributed by atoms with Gasteiger partial charge in [0.05, 0.1) is 0 Å². The van der Waals surface area contributed by atoms with Gasteiger partial charge in [0.15, 0.2) is 0 Å². The van der Waals surface area contributed by atoms with E-state index in [9.17, 15) is 9.18 Å². The Bertz CT molecular complexity index is 1690. The van der Waals surface area contributed by atoms with Crippen LogP contribution in [-0.2, 0) is 29.7 Å². The number of nitrogens with two attached hydrogens (primary N) is 1. The second kappa shape index (κ2) is 13.0. The summed E-state index contributed by atoms with van der Waals surface area (Å²) >= 11 is 5.96. The summed E-state index contributed by atoms with van der Waals surface area (Å²) in [7, 11) is 5.19. The quantitative estimate of drug-likeness (QED) is 0.186. The number of hydrogen-bond acceptors (Lipinski definition) is 8. The van der Waals surface area contributed by atoms with Gasteiger partial charge >= 0.3 is 298 Å². The van der Waals surface area contributed by atoms with Gasteiger partial charge in [-0.3, -0.25) is 0 Å². The molecule has 3 N–H and O–H groups in total. The number of hydrogen-bond donors (Lipinski definition) is 2. The van der Waals surface area contributed by atoms with Gasteiger partial charge in [-0.2, -0.15) is 0 Å². The zero-order valence-corrected chi connectivity index (χ0v) is 30.9. The first-order valence-electron chi connectivity index (χ1n) is 16.9. The molecule has 5 aliphatic rings. The molecule has 3 saturated heterocycles. The Hall–Kier alpha value is -2.46. The van der Waals surface area contributed by atoms with Crippen LogP contribution in [0, 0.1) is 23.0 Å². The van der Waals surface area contributed by atoms with E-state index in [0.29, 0.717) is 67.6 Å². The Kier molecular flexibility index (Phi) is 9.22. The molecule has 0 bridgehead atoms. The third-order valence-corrected chi connectivity index (χ3v) is 14.4. The molecule has 1 unspecified atom stereocenters. The molecule has 10 nitrogen and oxygen atoms in total. The van der Waals surface area contributed by atoms with Crippen LogP contribution in [0.1, 0.15) is 61.4 Å². The van der Waals surface area contributed by atoms with Crippen LogP contribution >= 0.6 is 11.6 Å². The van der Waals surface area contributed by atoms with E-state index in [4.69, 9.17) is 30.0 Å². The molecule has 1 spiro atoms.